The van der Waals surface area contributed by atoms with Crippen LogP contribution in [0.1, 0.15) is 62.1 Å². The SMILES string of the molecule is CCC(C(=O)NC1CCCCC1)N(Cc1ccc(C)cc1)C(=O)Cc1cccc(Cl)c1. The predicted octanol–water partition coefficient (Wildman–Crippen LogP) is 5.45. The Labute approximate surface area is 191 Å². The molecule has 2 aromatic rings. The van der Waals surface area contributed by atoms with E-state index in [1.165, 1.54) is 12.0 Å². The molecule has 5 heteroatoms. The van der Waals surface area contributed by atoms with Gasteiger partial charge in [0.15, 0.2) is 0 Å². The summed E-state index contributed by atoms with van der Waals surface area (Å²) in [5, 5.41) is 3.83. The zero-order valence-corrected chi connectivity index (χ0v) is 19.3. The van der Waals surface area contributed by atoms with Crippen LogP contribution in [0.15, 0.2) is 48.5 Å². The van der Waals surface area contributed by atoms with Crippen LogP contribution in [0, 0.1) is 6.92 Å². The van der Waals surface area contributed by atoms with Crippen LogP contribution < -0.4 is 5.32 Å². The fourth-order valence-corrected chi connectivity index (χ4v) is 4.49. The number of carbonyl (C=O) groups excluding carboxylic acids is 2. The first-order chi connectivity index (χ1) is 15.0. The average molecular weight is 441 g/mol. The molecular weight excluding hydrogens is 408 g/mol. The molecule has 1 atom stereocenters. The first-order valence-electron chi connectivity index (χ1n) is 11.4. The number of benzene rings is 2. The van der Waals surface area contributed by atoms with Crippen molar-refractivity contribution < 1.29 is 9.59 Å². The fraction of sp³-hybridized carbons (Fsp3) is 0.462. The van der Waals surface area contributed by atoms with Gasteiger partial charge in [0.05, 0.1) is 6.42 Å². The van der Waals surface area contributed by atoms with Crippen LogP contribution >= 0.6 is 11.6 Å². The first-order valence-corrected chi connectivity index (χ1v) is 11.7. The first kappa shape index (κ1) is 23.3. The molecule has 0 heterocycles. The molecule has 2 aromatic carbocycles. The van der Waals surface area contributed by atoms with Crippen molar-refractivity contribution in [1.82, 2.24) is 10.2 Å². The van der Waals surface area contributed by atoms with Gasteiger partial charge >= 0.3 is 0 Å². The molecule has 1 aliphatic carbocycles. The predicted molar refractivity (Wildman–Crippen MR) is 126 cm³/mol. The normalized spacial score (nSPS) is 15.3. The molecule has 3 rings (SSSR count). The van der Waals surface area contributed by atoms with Gasteiger partial charge in [0, 0.05) is 17.6 Å². The van der Waals surface area contributed by atoms with Crippen LogP contribution in [0.5, 0.6) is 0 Å². The molecule has 1 aliphatic rings. The standard InChI is InChI=1S/C26H33ClN2O2/c1-3-24(26(31)28-23-10-5-4-6-11-23)29(18-20-14-12-19(2)13-15-20)25(30)17-21-8-7-9-22(27)16-21/h7-9,12-16,23-24H,3-6,10-11,17-18H2,1-2H3,(H,28,31). The summed E-state index contributed by atoms with van der Waals surface area (Å²) in [4.78, 5) is 28.3. The maximum Gasteiger partial charge on any atom is 0.243 e. The second-order valence-electron chi connectivity index (χ2n) is 8.58. The van der Waals surface area contributed by atoms with Crippen LogP contribution in [0.25, 0.3) is 0 Å². The third-order valence-electron chi connectivity index (χ3n) is 6.06. The lowest BCUT2D eigenvalue weighted by atomic mass is 9.95. The summed E-state index contributed by atoms with van der Waals surface area (Å²) < 4.78 is 0. The lowest BCUT2D eigenvalue weighted by molar-refractivity contribution is -0.141. The molecule has 0 aliphatic heterocycles. The van der Waals surface area contributed by atoms with Crippen molar-refractivity contribution in [3.63, 3.8) is 0 Å². The highest BCUT2D eigenvalue weighted by Crippen LogP contribution is 2.20. The van der Waals surface area contributed by atoms with Gasteiger partial charge in [-0.3, -0.25) is 9.59 Å². The van der Waals surface area contributed by atoms with E-state index in [4.69, 9.17) is 11.6 Å². The van der Waals surface area contributed by atoms with Crippen molar-refractivity contribution in [3.05, 3.63) is 70.2 Å². The van der Waals surface area contributed by atoms with E-state index in [9.17, 15) is 9.59 Å². The Kier molecular flexibility index (Phi) is 8.53. The number of aryl methyl sites for hydroxylation is 1. The summed E-state index contributed by atoms with van der Waals surface area (Å²) in [6.45, 7) is 4.43. The van der Waals surface area contributed by atoms with Gasteiger partial charge in [-0.05, 0) is 49.4 Å². The van der Waals surface area contributed by atoms with Gasteiger partial charge in [-0.1, -0.05) is 79.7 Å². The number of nitrogens with one attached hydrogen (secondary N) is 1. The molecule has 31 heavy (non-hydrogen) atoms. The van der Waals surface area contributed by atoms with E-state index in [1.54, 1.807) is 11.0 Å². The third kappa shape index (κ3) is 6.83. The molecule has 2 amide bonds. The highest BCUT2D eigenvalue weighted by atomic mass is 35.5. The Hall–Kier alpha value is -2.33. The Morgan fingerprint density at radius 1 is 1.06 bits per heavy atom. The van der Waals surface area contributed by atoms with Crippen molar-refractivity contribution in [3.8, 4) is 0 Å². The number of hydrogen-bond donors (Lipinski definition) is 1. The highest BCUT2D eigenvalue weighted by molar-refractivity contribution is 6.30. The van der Waals surface area contributed by atoms with Gasteiger partial charge < -0.3 is 10.2 Å². The minimum absolute atomic E-state index is 0.0408. The molecule has 0 bridgehead atoms. The maximum absolute atomic E-state index is 13.4. The van der Waals surface area contributed by atoms with Crippen molar-refractivity contribution in [2.75, 3.05) is 0 Å². The van der Waals surface area contributed by atoms with Gasteiger partial charge in [0.1, 0.15) is 6.04 Å². The second kappa shape index (κ2) is 11.3. The van der Waals surface area contributed by atoms with E-state index < -0.39 is 6.04 Å². The van der Waals surface area contributed by atoms with Crippen molar-refractivity contribution in [2.45, 2.75) is 77.4 Å². The Bertz CT molecular complexity index is 875. The summed E-state index contributed by atoms with van der Waals surface area (Å²) in [7, 11) is 0. The van der Waals surface area contributed by atoms with Crippen LogP contribution in [0.3, 0.4) is 0 Å². The molecule has 1 N–H and O–H groups in total. The number of amides is 2. The molecule has 0 aromatic heterocycles. The van der Waals surface area contributed by atoms with Crippen LogP contribution in [-0.4, -0.2) is 28.8 Å². The number of halogens is 1. The van der Waals surface area contributed by atoms with Gasteiger partial charge in [0.25, 0.3) is 0 Å². The van der Waals surface area contributed by atoms with Crippen molar-refractivity contribution in [1.29, 1.82) is 0 Å². The zero-order valence-electron chi connectivity index (χ0n) is 18.6. The van der Waals surface area contributed by atoms with E-state index in [1.807, 2.05) is 56.3 Å². The molecule has 4 nitrogen and oxygen atoms in total. The Morgan fingerprint density at radius 2 is 1.77 bits per heavy atom. The molecule has 1 saturated carbocycles. The van der Waals surface area contributed by atoms with Gasteiger partial charge in [0.2, 0.25) is 11.8 Å². The molecule has 0 spiro atoms. The largest absolute Gasteiger partial charge is 0.352 e. The number of rotatable bonds is 8. The van der Waals surface area contributed by atoms with E-state index in [2.05, 4.69) is 5.32 Å². The topological polar surface area (TPSA) is 49.4 Å². The number of hydrogen-bond acceptors (Lipinski definition) is 2. The van der Waals surface area contributed by atoms with Crippen LogP contribution in [-0.2, 0) is 22.6 Å². The Morgan fingerprint density at radius 3 is 2.42 bits per heavy atom. The quantitative estimate of drug-likeness (QED) is 0.593. The van der Waals surface area contributed by atoms with E-state index in [-0.39, 0.29) is 24.3 Å². The summed E-state index contributed by atoms with van der Waals surface area (Å²) in [5.74, 6) is -0.102. The van der Waals surface area contributed by atoms with Crippen molar-refractivity contribution in [2.24, 2.45) is 0 Å². The van der Waals surface area contributed by atoms with E-state index in [0.717, 1.165) is 36.8 Å². The lowest BCUT2D eigenvalue weighted by Crippen LogP contribution is -2.51. The highest BCUT2D eigenvalue weighted by Gasteiger charge is 2.30. The zero-order chi connectivity index (χ0) is 22.2. The molecule has 1 fully saturated rings. The lowest BCUT2D eigenvalue weighted by Gasteiger charge is -2.33. The van der Waals surface area contributed by atoms with Crippen molar-refractivity contribution >= 4 is 23.4 Å². The number of carbonyl (C=O) groups is 2. The third-order valence-corrected chi connectivity index (χ3v) is 6.29. The minimum atomic E-state index is -0.491. The number of nitrogens with zero attached hydrogens (tertiary/aromatic N) is 1. The molecular formula is C26H33ClN2O2. The summed E-state index contributed by atoms with van der Waals surface area (Å²) in [5.41, 5.74) is 3.05. The molecule has 0 radical (unpaired) electrons. The maximum atomic E-state index is 13.4. The van der Waals surface area contributed by atoms with E-state index >= 15 is 0 Å². The van der Waals surface area contributed by atoms with Crippen LogP contribution in [0.2, 0.25) is 5.02 Å². The molecule has 0 saturated heterocycles. The van der Waals surface area contributed by atoms with Crippen LogP contribution in [0.4, 0.5) is 0 Å². The summed E-state index contributed by atoms with van der Waals surface area (Å²) >= 11 is 6.11. The van der Waals surface area contributed by atoms with Gasteiger partial charge in [-0.2, -0.15) is 0 Å². The average Bonchev–Trinajstić information content (AvgIpc) is 2.75. The summed E-state index contributed by atoms with van der Waals surface area (Å²) in [6.07, 6.45) is 6.39. The molecule has 1 unspecified atom stereocenters. The fourth-order valence-electron chi connectivity index (χ4n) is 4.28. The van der Waals surface area contributed by atoms with Gasteiger partial charge in [-0.15, -0.1) is 0 Å². The smallest absolute Gasteiger partial charge is 0.243 e. The minimum Gasteiger partial charge on any atom is -0.352 e. The summed E-state index contributed by atoms with van der Waals surface area (Å²) in [6, 6.07) is 15.2. The second-order valence-corrected chi connectivity index (χ2v) is 9.02. The van der Waals surface area contributed by atoms with Gasteiger partial charge in [-0.25, -0.2) is 0 Å². The monoisotopic (exact) mass is 440 g/mol. The Balaban J connectivity index is 1.80. The molecule has 166 valence electrons. The van der Waals surface area contributed by atoms with E-state index in [0.29, 0.717) is 18.0 Å².